The Balaban J connectivity index is 1.43. The minimum absolute atomic E-state index is 0.00546. The molecule has 1 fully saturated rings. The highest BCUT2D eigenvalue weighted by atomic mass is 35.5. The standard InChI is InChI=1S/C23H28ClN4O6P/c1-15(2)32-23(29)16(3)27-35(30,34-17-7-5-4-6-8-17)31-13-18-9-10-20(33-18)28-12-11-19-21(24)25-14-26-22(19)28/h4-8,11-12,14-16,18,20H,9-10,13H2,1-3H3,(H,27,30). The van der Waals surface area contributed by atoms with Crippen molar-refractivity contribution in [2.75, 3.05) is 6.61 Å². The molecule has 4 unspecified atom stereocenters. The molecule has 4 atom stereocenters. The lowest BCUT2D eigenvalue weighted by atomic mass is 10.2. The Morgan fingerprint density at radius 3 is 2.74 bits per heavy atom. The highest BCUT2D eigenvalue weighted by Crippen LogP contribution is 2.46. The average molecular weight is 523 g/mol. The topological polar surface area (TPSA) is 114 Å². The van der Waals surface area contributed by atoms with Crippen molar-refractivity contribution in [1.82, 2.24) is 19.6 Å². The predicted molar refractivity (Wildman–Crippen MR) is 130 cm³/mol. The summed E-state index contributed by atoms with van der Waals surface area (Å²) in [5, 5.41) is 3.80. The van der Waals surface area contributed by atoms with Crippen LogP contribution < -0.4 is 9.61 Å². The zero-order valence-electron chi connectivity index (χ0n) is 19.7. The highest BCUT2D eigenvalue weighted by Gasteiger charge is 2.35. The number of nitrogens with one attached hydrogen (secondary N) is 1. The van der Waals surface area contributed by atoms with Gasteiger partial charge in [-0.25, -0.2) is 14.5 Å². The van der Waals surface area contributed by atoms with Crippen molar-refractivity contribution in [2.45, 2.75) is 58.1 Å². The van der Waals surface area contributed by atoms with Gasteiger partial charge in [0.15, 0.2) is 0 Å². The van der Waals surface area contributed by atoms with E-state index in [1.807, 2.05) is 22.9 Å². The lowest BCUT2D eigenvalue weighted by Gasteiger charge is -2.24. The van der Waals surface area contributed by atoms with Gasteiger partial charge in [-0.05, 0) is 51.8 Å². The third-order valence-electron chi connectivity index (χ3n) is 5.31. The van der Waals surface area contributed by atoms with Gasteiger partial charge in [-0.2, -0.15) is 5.09 Å². The molecule has 4 rings (SSSR count). The molecule has 3 aromatic rings. The number of halogens is 1. The molecule has 188 valence electrons. The fourth-order valence-corrected chi connectivity index (χ4v) is 5.41. The molecule has 0 aliphatic carbocycles. The molecule has 0 spiro atoms. The first-order valence-corrected chi connectivity index (χ1v) is 13.3. The van der Waals surface area contributed by atoms with Crippen molar-refractivity contribution in [1.29, 1.82) is 0 Å². The molecule has 12 heteroatoms. The summed E-state index contributed by atoms with van der Waals surface area (Å²) in [5.41, 5.74) is 0.675. The van der Waals surface area contributed by atoms with Gasteiger partial charge in [-0.15, -0.1) is 0 Å². The van der Waals surface area contributed by atoms with E-state index in [2.05, 4.69) is 15.1 Å². The average Bonchev–Trinajstić information content (AvgIpc) is 3.45. The summed E-state index contributed by atoms with van der Waals surface area (Å²) in [6.07, 6.45) is 3.69. The summed E-state index contributed by atoms with van der Waals surface area (Å²) in [4.78, 5) is 20.6. The van der Waals surface area contributed by atoms with E-state index in [4.69, 9.17) is 30.1 Å². The van der Waals surface area contributed by atoms with Crippen molar-refractivity contribution >= 4 is 36.4 Å². The number of hydrogen-bond donors (Lipinski definition) is 1. The molecule has 10 nitrogen and oxygen atoms in total. The first-order chi connectivity index (χ1) is 16.7. The zero-order chi connectivity index (χ0) is 25.0. The number of aromatic nitrogens is 3. The second kappa shape index (κ2) is 11.1. The van der Waals surface area contributed by atoms with Crippen LogP contribution in [0.5, 0.6) is 5.75 Å². The Kier molecular flexibility index (Phi) is 8.09. The molecular formula is C23H28ClN4O6P. The van der Waals surface area contributed by atoms with Crippen LogP contribution >= 0.6 is 19.3 Å². The van der Waals surface area contributed by atoms with Crippen LogP contribution in [0.25, 0.3) is 11.0 Å². The smallest absolute Gasteiger partial charge is 0.459 e. The summed E-state index contributed by atoms with van der Waals surface area (Å²) in [6, 6.07) is 9.54. The maximum atomic E-state index is 13.6. The molecule has 1 N–H and O–H groups in total. The van der Waals surface area contributed by atoms with Crippen molar-refractivity contribution in [3.05, 3.63) is 54.1 Å². The molecular weight excluding hydrogens is 495 g/mol. The monoisotopic (exact) mass is 522 g/mol. The van der Waals surface area contributed by atoms with Gasteiger partial charge in [0, 0.05) is 6.20 Å². The van der Waals surface area contributed by atoms with Crippen LogP contribution in [0.3, 0.4) is 0 Å². The number of esters is 1. The Labute approximate surface area is 208 Å². The third kappa shape index (κ3) is 6.39. The number of rotatable bonds is 10. The number of nitrogens with zero attached hydrogens (tertiary/aromatic N) is 3. The van der Waals surface area contributed by atoms with E-state index in [1.165, 1.54) is 6.33 Å². The number of ether oxygens (including phenoxy) is 2. The van der Waals surface area contributed by atoms with Gasteiger partial charge >= 0.3 is 13.7 Å². The largest absolute Gasteiger partial charge is 0.462 e. The van der Waals surface area contributed by atoms with Crippen LogP contribution in [0.4, 0.5) is 0 Å². The van der Waals surface area contributed by atoms with Gasteiger partial charge in [0.25, 0.3) is 0 Å². The van der Waals surface area contributed by atoms with E-state index < -0.39 is 19.8 Å². The van der Waals surface area contributed by atoms with Crippen LogP contribution in [-0.2, 0) is 23.4 Å². The van der Waals surface area contributed by atoms with Gasteiger partial charge < -0.3 is 18.6 Å². The normalized spacial score (nSPS) is 20.6. The lowest BCUT2D eigenvalue weighted by Crippen LogP contribution is -2.36. The van der Waals surface area contributed by atoms with E-state index >= 15 is 0 Å². The predicted octanol–water partition coefficient (Wildman–Crippen LogP) is 4.90. The molecule has 0 radical (unpaired) electrons. The Bertz CT molecular complexity index is 1210. The van der Waals surface area contributed by atoms with Crippen LogP contribution in [0.2, 0.25) is 5.15 Å². The van der Waals surface area contributed by atoms with Crippen molar-refractivity contribution in [3.8, 4) is 5.75 Å². The summed E-state index contributed by atoms with van der Waals surface area (Å²) in [7, 11) is -3.95. The maximum Gasteiger partial charge on any atom is 0.459 e. The summed E-state index contributed by atoms with van der Waals surface area (Å²) < 4.78 is 38.3. The molecule has 3 heterocycles. The van der Waals surface area contributed by atoms with Gasteiger partial charge in [0.05, 0.1) is 24.2 Å². The summed E-state index contributed by atoms with van der Waals surface area (Å²) >= 11 is 6.15. The van der Waals surface area contributed by atoms with E-state index in [9.17, 15) is 9.36 Å². The minimum atomic E-state index is -3.95. The number of carbonyl (C=O) groups excluding carboxylic acids is 1. The van der Waals surface area contributed by atoms with E-state index in [1.54, 1.807) is 45.0 Å². The zero-order valence-corrected chi connectivity index (χ0v) is 21.3. The molecule has 0 amide bonds. The molecule has 1 saturated heterocycles. The molecule has 0 saturated carbocycles. The van der Waals surface area contributed by atoms with Crippen molar-refractivity contribution < 1.29 is 27.9 Å². The first-order valence-electron chi connectivity index (χ1n) is 11.3. The van der Waals surface area contributed by atoms with Gasteiger partial charge in [0.1, 0.15) is 35.1 Å². The maximum absolute atomic E-state index is 13.6. The fourth-order valence-electron chi connectivity index (χ4n) is 3.70. The van der Waals surface area contributed by atoms with Crippen molar-refractivity contribution in [3.63, 3.8) is 0 Å². The van der Waals surface area contributed by atoms with Crippen LogP contribution in [0.1, 0.15) is 39.8 Å². The lowest BCUT2D eigenvalue weighted by molar-refractivity contribution is -0.149. The molecule has 1 aliphatic rings. The van der Waals surface area contributed by atoms with Gasteiger partial charge in [0.2, 0.25) is 0 Å². The number of benzene rings is 1. The van der Waals surface area contributed by atoms with Crippen molar-refractivity contribution in [2.24, 2.45) is 0 Å². The third-order valence-corrected chi connectivity index (χ3v) is 7.26. The number of para-hydroxylation sites is 1. The number of carbonyl (C=O) groups is 1. The fraction of sp³-hybridized carbons (Fsp3) is 0.435. The Morgan fingerprint density at radius 2 is 2.00 bits per heavy atom. The van der Waals surface area contributed by atoms with E-state index in [0.717, 1.165) is 5.39 Å². The van der Waals surface area contributed by atoms with E-state index in [-0.39, 0.29) is 25.0 Å². The van der Waals surface area contributed by atoms with Crippen LogP contribution in [0.15, 0.2) is 48.9 Å². The van der Waals surface area contributed by atoms with E-state index in [0.29, 0.717) is 29.4 Å². The van der Waals surface area contributed by atoms with Crippen LogP contribution in [-0.4, -0.2) is 45.4 Å². The molecule has 1 aromatic carbocycles. The van der Waals surface area contributed by atoms with Gasteiger partial charge in [-0.1, -0.05) is 29.8 Å². The first kappa shape index (κ1) is 25.6. The highest BCUT2D eigenvalue weighted by molar-refractivity contribution is 7.52. The molecule has 35 heavy (non-hydrogen) atoms. The minimum Gasteiger partial charge on any atom is -0.462 e. The SMILES string of the molecule is CC(C)OC(=O)C(C)NP(=O)(OCC1CCC(n2ccc3c(Cl)ncnc32)O1)Oc1ccccc1. The second-order valence-electron chi connectivity index (χ2n) is 8.45. The number of fused-ring (bicyclic) bond motifs is 1. The quantitative estimate of drug-likeness (QED) is 0.225. The van der Waals surface area contributed by atoms with Crippen LogP contribution in [0, 0.1) is 0 Å². The molecule has 1 aliphatic heterocycles. The molecule has 0 bridgehead atoms. The number of hydrogen-bond acceptors (Lipinski definition) is 8. The second-order valence-corrected chi connectivity index (χ2v) is 10.5. The van der Waals surface area contributed by atoms with Gasteiger partial charge in [-0.3, -0.25) is 9.32 Å². The molecule has 2 aromatic heterocycles. The Hall–Kier alpha value is -2.49. The summed E-state index contributed by atoms with van der Waals surface area (Å²) in [6.45, 7) is 5.02. The summed E-state index contributed by atoms with van der Waals surface area (Å²) in [5.74, 6) is -0.217. The Morgan fingerprint density at radius 1 is 1.23 bits per heavy atom.